The molecule has 0 amide bonds. The molecule has 1 heterocycles. The number of likely N-dealkylation sites (N-methyl/N-ethyl adjacent to an activating group) is 1. The Bertz CT molecular complexity index is 870. The SMILES string of the molecule is CN(CC1(O)CCN(CCc2ccc(C#N)cc2)CC1)c1ccc(C(=O)O)cc1.[NaH]. The van der Waals surface area contributed by atoms with Crippen LogP contribution < -0.4 is 4.90 Å². The number of anilines is 1. The van der Waals surface area contributed by atoms with Crippen LogP contribution in [0.3, 0.4) is 0 Å². The summed E-state index contributed by atoms with van der Waals surface area (Å²) in [6.07, 6.45) is 2.34. The van der Waals surface area contributed by atoms with Crippen molar-refractivity contribution < 1.29 is 15.0 Å². The van der Waals surface area contributed by atoms with Gasteiger partial charge in [-0.3, -0.25) is 0 Å². The number of carbonyl (C=O) groups is 1. The first-order valence-corrected chi connectivity index (χ1v) is 9.87. The number of likely N-dealkylation sites (tertiary alicyclic amines) is 1. The molecule has 0 aliphatic carbocycles. The molecule has 0 spiro atoms. The molecule has 0 saturated carbocycles. The molecule has 2 aromatic carbocycles. The molecule has 0 aromatic heterocycles. The fourth-order valence-corrected chi connectivity index (χ4v) is 3.78. The third kappa shape index (κ3) is 6.56. The molecular formula is C23H28N3NaO3. The third-order valence-corrected chi connectivity index (χ3v) is 5.67. The van der Waals surface area contributed by atoms with E-state index in [4.69, 9.17) is 10.4 Å². The molecule has 7 heteroatoms. The number of hydrogen-bond donors (Lipinski definition) is 2. The van der Waals surface area contributed by atoms with Crippen LogP contribution in [0.5, 0.6) is 0 Å². The molecule has 0 atom stereocenters. The predicted octanol–water partition coefficient (Wildman–Crippen LogP) is 2.11. The zero-order chi connectivity index (χ0) is 20.9. The van der Waals surface area contributed by atoms with Gasteiger partial charge in [0.2, 0.25) is 0 Å². The Morgan fingerprint density at radius 1 is 1.13 bits per heavy atom. The molecular weight excluding hydrogens is 389 g/mol. The van der Waals surface area contributed by atoms with E-state index < -0.39 is 11.6 Å². The van der Waals surface area contributed by atoms with Crippen LogP contribution in [0.15, 0.2) is 48.5 Å². The second-order valence-electron chi connectivity index (χ2n) is 7.83. The van der Waals surface area contributed by atoms with E-state index in [-0.39, 0.29) is 35.1 Å². The van der Waals surface area contributed by atoms with Crippen LogP contribution in [-0.4, -0.2) is 89.5 Å². The fraction of sp³-hybridized carbons (Fsp3) is 0.391. The summed E-state index contributed by atoms with van der Waals surface area (Å²) in [4.78, 5) is 15.3. The van der Waals surface area contributed by atoms with Gasteiger partial charge in [0.15, 0.2) is 0 Å². The number of benzene rings is 2. The normalized spacial score (nSPS) is 15.6. The van der Waals surface area contributed by atoms with E-state index in [9.17, 15) is 9.90 Å². The number of rotatable bonds is 7. The topological polar surface area (TPSA) is 87.8 Å². The Hall–Kier alpha value is -1.88. The van der Waals surface area contributed by atoms with Gasteiger partial charge >= 0.3 is 35.5 Å². The summed E-state index contributed by atoms with van der Waals surface area (Å²) in [6.45, 7) is 3.15. The van der Waals surface area contributed by atoms with Crippen LogP contribution in [0.25, 0.3) is 0 Å². The van der Waals surface area contributed by atoms with Crippen LogP contribution >= 0.6 is 0 Å². The van der Waals surface area contributed by atoms with Crippen LogP contribution in [0, 0.1) is 11.3 Å². The summed E-state index contributed by atoms with van der Waals surface area (Å²) < 4.78 is 0. The Balaban J connectivity index is 0.00000320. The zero-order valence-corrected chi connectivity index (χ0v) is 16.7. The molecule has 6 nitrogen and oxygen atoms in total. The summed E-state index contributed by atoms with van der Waals surface area (Å²) in [5, 5.41) is 28.9. The minimum absolute atomic E-state index is 0. The van der Waals surface area contributed by atoms with Crippen molar-refractivity contribution in [3.05, 3.63) is 65.2 Å². The van der Waals surface area contributed by atoms with Crippen molar-refractivity contribution in [3.63, 3.8) is 0 Å². The summed E-state index contributed by atoms with van der Waals surface area (Å²) in [7, 11) is 1.92. The molecule has 30 heavy (non-hydrogen) atoms. The Labute approximate surface area is 200 Å². The molecule has 0 bridgehead atoms. The fourth-order valence-electron chi connectivity index (χ4n) is 3.78. The number of aromatic carboxylic acids is 1. The standard InChI is InChI=1S/C23H27N3O3.Na.H/c1-25(21-8-6-20(7-9-21)22(27)28)17-23(29)11-14-26(15-12-23)13-10-18-2-4-19(16-24)5-3-18;;/h2-9,29H,10-15,17H2,1H3,(H,27,28);;. The number of aliphatic hydroxyl groups is 1. The Morgan fingerprint density at radius 3 is 2.27 bits per heavy atom. The minimum atomic E-state index is -0.939. The van der Waals surface area contributed by atoms with Crippen molar-refractivity contribution in [3.8, 4) is 6.07 Å². The first kappa shape index (κ1) is 24.4. The first-order valence-electron chi connectivity index (χ1n) is 9.87. The van der Waals surface area contributed by atoms with Gasteiger partial charge in [-0.05, 0) is 61.2 Å². The molecule has 0 radical (unpaired) electrons. The zero-order valence-electron chi connectivity index (χ0n) is 16.7. The molecule has 2 N–H and O–H groups in total. The quantitative estimate of drug-likeness (QED) is 0.671. The number of nitriles is 1. The molecule has 3 rings (SSSR count). The van der Waals surface area contributed by atoms with Crippen molar-refractivity contribution in [1.29, 1.82) is 5.26 Å². The maximum atomic E-state index is 11.0. The molecule has 0 unspecified atom stereocenters. The van der Waals surface area contributed by atoms with E-state index in [1.165, 1.54) is 5.56 Å². The number of carboxylic acid groups (broad SMARTS) is 1. The molecule has 1 aliphatic rings. The van der Waals surface area contributed by atoms with Crippen molar-refractivity contribution in [2.45, 2.75) is 24.9 Å². The monoisotopic (exact) mass is 417 g/mol. The van der Waals surface area contributed by atoms with E-state index >= 15 is 0 Å². The van der Waals surface area contributed by atoms with Gasteiger partial charge in [0, 0.05) is 38.9 Å². The van der Waals surface area contributed by atoms with Gasteiger partial charge in [-0.1, -0.05) is 12.1 Å². The van der Waals surface area contributed by atoms with E-state index in [1.54, 1.807) is 24.3 Å². The predicted molar refractivity (Wildman–Crippen MR) is 119 cm³/mol. The van der Waals surface area contributed by atoms with Gasteiger partial charge in [0.05, 0.1) is 22.8 Å². The average molecular weight is 417 g/mol. The maximum absolute atomic E-state index is 11.0. The van der Waals surface area contributed by atoms with Gasteiger partial charge in [-0.15, -0.1) is 0 Å². The second kappa shape index (κ2) is 10.9. The second-order valence-corrected chi connectivity index (χ2v) is 7.83. The van der Waals surface area contributed by atoms with E-state index in [2.05, 4.69) is 11.0 Å². The third-order valence-electron chi connectivity index (χ3n) is 5.67. The molecule has 154 valence electrons. The molecule has 2 aromatic rings. The summed E-state index contributed by atoms with van der Waals surface area (Å²) in [6, 6.07) is 16.6. The van der Waals surface area contributed by atoms with E-state index in [1.807, 2.05) is 36.2 Å². The van der Waals surface area contributed by atoms with Crippen LogP contribution in [-0.2, 0) is 6.42 Å². The van der Waals surface area contributed by atoms with Gasteiger partial charge in [-0.2, -0.15) is 5.26 Å². The van der Waals surface area contributed by atoms with E-state index in [0.29, 0.717) is 24.9 Å². The first-order chi connectivity index (χ1) is 13.9. The van der Waals surface area contributed by atoms with Crippen LogP contribution in [0.1, 0.15) is 34.3 Å². The molecule has 1 aliphatic heterocycles. The van der Waals surface area contributed by atoms with Crippen LogP contribution in [0.4, 0.5) is 5.69 Å². The van der Waals surface area contributed by atoms with Gasteiger partial charge < -0.3 is 20.0 Å². The van der Waals surface area contributed by atoms with Crippen molar-refractivity contribution in [2.75, 3.05) is 38.1 Å². The summed E-state index contributed by atoms with van der Waals surface area (Å²) >= 11 is 0. The van der Waals surface area contributed by atoms with Gasteiger partial charge in [0.1, 0.15) is 0 Å². The van der Waals surface area contributed by atoms with Crippen LogP contribution in [0.2, 0.25) is 0 Å². The van der Waals surface area contributed by atoms with Crippen molar-refractivity contribution >= 4 is 41.2 Å². The average Bonchev–Trinajstić information content (AvgIpc) is 2.73. The number of nitrogens with zero attached hydrogens (tertiary/aromatic N) is 3. The van der Waals surface area contributed by atoms with E-state index in [0.717, 1.165) is 31.7 Å². The van der Waals surface area contributed by atoms with Gasteiger partial charge in [0.25, 0.3) is 0 Å². The molecule has 1 fully saturated rings. The number of hydrogen-bond acceptors (Lipinski definition) is 5. The molecule has 1 saturated heterocycles. The Kier molecular flexibility index (Phi) is 8.90. The summed E-state index contributed by atoms with van der Waals surface area (Å²) in [5.74, 6) is -0.939. The van der Waals surface area contributed by atoms with Crippen molar-refractivity contribution in [1.82, 2.24) is 4.90 Å². The van der Waals surface area contributed by atoms with Gasteiger partial charge in [-0.25, -0.2) is 4.79 Å². The Morgan fingerprint density at radius 2 is 1.73 bits per heavy atom. The summed E-state index contributed by atoms with van der Waals surface area (Å²) in [5.41, 5.74) is 2.31. The van der Waals surface area contributed by atoms with Crippen molar-refractivity contribution in [2.24, 2.45) is 0 Å². The number of carboxylic acids is 1. The number of piperidine rings is 1.